The number of carbonyl (C=O) groups excluding carboxylic acids is 1. The van der Waals surface area contributed by atoms with Crippen LogP contribution in [0.2, 0.25) is 5.02 Å². The number of ether oxygens (including phenoxy) is 1. The van der Waals surface area contributed by atoms with Crippen LogP contribution in [0, 0.1) is 5.92 Å². The first-order valence-electron chi connectivity index (χ1n) is 10.2. The maximum Gasteiger partial charge on any atom is 0.225 e. The first-order chi connectivity index (χ1) is 13.6. The minimum atomic E-state index is 0.228. The first-order valence-corrected chi connectivity index (χ1v) is 10.6. The SMILES string of the molecule is CN=C(NCc1ccc(Cl)cc1OC)NC1CCN(C(=O)C2CCCCC2)C1. The molecule has 1 amide bonds. The van der Waals surface area contributed by atoms with E-state index in [0.29, 0.717) is 17.5 Å². The van der Waals surface area contributed by atoms with Gasteiger partial charge in [0.25, 0.3) is 0 Å². The van der Waals surface area contributed by atoms with Gasteiger partial charge in [-0.05, 0) is 31.4 Å². The first kappa shape index (κ1) is 20.8. The number of nitrogens with zero attached hydrogens (tertiary/aromatic N) is 2. The minimum absolute atomic E-state index is 0.228. The molecule has 1 aromatic carbocycles. The van der Waals surface area contributed by atoms with E-state index in [4.69, 9.17) is 16.3 Å². The van der Waals surface area contributed by atoms with Crippen LogP contribution in [0.15, 0.2) is 23.2 Å². The summed E-state index contributed by atoms with van der Waals surface area (Å²) in [5.41, 5.74) is 1.01. The molecule has 1 aliphatic heterocycles. The molecule has 3 rings (SSSR count). The molecule has 28 heavy (non-hydrogen) atoms. The molecule has 1 aliphatic carbocycles. The number of guanidine groups is 1. The zero-order chi connectivity index (χ0) is 19.9. The van der Waals surface area contributed by atoms with Crippen LogP contribution < -0.4 is 15.4 Å². The quantitative estimate of drug-likeness (QED) is 0.582. The molecule has 154 valence electrons. The van der Waals surface area contributed by atoms with Crippen LogP contribution in [-0.2, 0) is 11.3 Å². The highest BCUT2D eigenvalue weighted by Gasteiger charge is 2.31. The smallest absolute Gasteiger partial charge is 0.225 e. The molecule has 1 aromatic rings. The third-order valence-corrected chi connectivity index (χ3v) is 5.95. The lowest BCUT2D eigenvalue weighted by molar-refractivity contribution is -0.135. The zero-order valence-electron chi connectivity index (χ0n) is 16.8. The van der Waals surface area contributed by atoms with Crippen LogP contribution in [0.1, 0.15) is 44.1 Å². The summed E-state index contributed by atoms with van der Waals surface area (Å²) in [5.74, 6) is 2.06. The van der Waals surface area contributed by atoms with Crippen LogP contribution in [0.4, 0.5) is 0 Å². The summed E-state index contributed by atoms with van der Waals surface area (Å²) in [6.45, 7) is 2.16. The molecule has 0 spiro atoms. The number of hydrogen-bond donors (Lipinski definition) is 2. The summed E-state index contributed by atoms with van der Waals surface area (Å²) in [6, 6.07) is 5.83. The average molecular weight is 407 g/mol. The van der Waals surface area contributed by atoms with Gasteiger partial charge in [-0.1, -0.05) is 36.9 Å². The van der Waals surface area contributed by atoms with E-state index in [1.807, 2.05) is 17.0 Å². The van der Waals surface area contributed by atoms with Crippen LogP contribution in [0.25, 0.3) is 0 Å². The van der Waals surface area contributed by atoms with Gasteiger partial charge in [-0.15, -0.1) is 0 Å². The molecule has 0 aromatic heterocycles. The Kier molecular flexibility index (Phi) is 7.43. The topological polar surface area (TPSA) is 66.0 Å². The molecular weight excluding hydrogens is 376 g/mol. The van der Waals surface area contributed by atoms with Crippen molar-refractivity contribution in [1.29, 1.82) is 0 Å². The number of methoxy groups -OCH3 is 1. The monoisotopic (exact) mass is 406 g/mol. The third-order valence-electron chi connectivity index (χ3n) is 5.71. The lowest BCUT2D eigenvalue weighted by atomic mass is 9.88. The second-order valence-electron chi connectivity index (χ2n) is 7.63. The zero-order valence-corrected chi connectivity index (χ0v) is 17.6. The Labute approximate surface area is 172 Å². The second kappa shape index (κ2) is 10.0. The maximum absolute atomic E-state index is 12.7. The summed E-state index contributed by atoms with van der Waals surface area (Å²) < 4.78 is 5.39. The normalized spacial score (nSPS) is 20.9. The molecule has 2 aliphatic rings. The van der Waals surface area contributed by atoms with Gasteiger partial charge in [-0.2, -0.15) is 0 Å². The predicted octanol–water partition coefficient (Wildman–Crippen LogP) is 3.19. The van der Waals surface area contributed by atoms with Crippen molar-refractivity contribution in [2.75, 3.05) is 27.2 Å². The lowest BCUT2D eigenvalue weighted by Crippen LogP contribution is -2.45. The van der Waals surface area contributed by atoms with Crippen molar-refractivity contribution in [2.45, 2.75) is 51.1 Å². The fourth-order valence-electron chi connectivity index (χ4n) is 4.12. The molecule has 7 heteroatoms. The van der Waals surface area contributed by atoms with E-state index in [9.17, 15) is 4.79 Å². The Morgan fingerprint density at radius 1 is 1.29 bits per heavy atom. The van der Waals surface area contributed by atoms with Gasteiger partial charge in [0, 0.05) is 49.2 Å². The largest absolute Gasteiger partial charge is 0.496 e. The average Bonchev–Trinajstić information content (AvgIpc) is 3.20. The van der Waals surface area contributed by atoms with Gasteiger partial charge in [-0.25, -0.2) is 0 Å². The van der Waals surface area contributed by atoms with Crippen molar-refractivity contribution in [3.05, 3.63) is 28.8 Å². The molecule has 6 nitrogen and oxygen atoms in total. The Hall–Kier alpha value is -1.95. The van der Waals surface area contributed by atoms with Crippen molar-refractivity contribution in [2.24, 2.45) is 10.9 Å². The Morgan fingerprint density at radius 3 is 2.79 bits per heavy atom. The highest BCUT2D eigenvalue weighted by atomic mass is 35.5. The van der Waals surface area contributed by atoms with Crippen molar-refractivity contribution in [1.82, 2.24) is 15.5 Å². The van der Waals surface area contributed by atoms with Gasteiger partial charge in [0.1, 0.15) is 5.75 Å². The van der Waals surface area contributed by atoms with Gasteiger partial charge in [0.2, 0.25) is 5.91 Å². The number of carbonyl (C=O) groups is 1. The molecular formula is C21H31ClN4O2. The molecule has 2 N–H and O–H groups in total. The van der Waals surface area contributed by atoms with E-state index in [1.165, 1.54) is 19.3 Å². The molecule has 1 atom stereocenters. The van der Waals surface area contributed by atoms with E-state index in [2.05, 4.69) is 15.6 Å². The van der Waals surface area contributed by atoms with Crippen molar-refractivity contribution < 1.29 is 9.53 Å². The summed E-state index contributed by atoms with van der Waals surface area (Å²) >= 11 is 6.03. The number of benzene rings is 1. The van der Waals surface area contributed by atoms with Crippen LogP contribution in [0.5, 0.6) is 5.75 Å². The third kappa shape index (κ3) is 5.31. The Morgan fingerprint density at radius 2 is 2.07 bits per heavy atom. The number of nitrogens with one attached hydrogen (secondary N) is 2. The molecule has 0 bridgehead atoms. The second-order valence-corrected chi connectivity index (χ2v) is 8.07. The molecule has 2 fully saturated rings. The molecule has 1 unspecified atom stereocenters. The fraction of sp³-hybridized carbons (Fsp3) is 0.619. The molecule has 0 radical (unpaired) electrons. The Balaban J connectivity index is 1.49. The molecule has 1 saturated carbocycles. The number of hydrogen-bond acceptors (Lipinski definition) is 3. The summed E-state index contributed by atoms with van der Waals surface area (Å²) in [4.78, 5) is 19.1. The number of aliphatic imine (C=N–C) groups is 1. The summed E-state index contributed by atoms with van der Waals surface area (Å²) in [6.07, 6.45) is 6.71. The molecule has 1 saturated heterocycles. The van der Waals surface area contributed by atoms with Gasteiger partial charge >= 0.3 is 0 Å². The van der Waals surface area contributed by atoms with Gasteiger partial charge in [0.05, 0.1) is 7.11 Å². The van der Waals surface area contributed by atoms with Gasteiger partial charge < -0.3 is 20.3 Å². The van der Waals surface area contributed by atoms with E-state index in [-0.39, 0.29) is 12.0 Å². The minimum Gasteiger partial charge on any atom is -0.496 e. The van der Waals surface area contributed by atoms with Crippen molar-refractivity contribution in [3.8, 4) is 5.75 Å². The number of likely N-dealkylation sites (tertiary alicyclic amines) is 1. The van der Waals surface area contributed by atoms with E-state index in [0.717, 1.165) is 49.6 Å². The lowest BCUT2D eigenvalue weighted by Gasteiger charge is -2.26. The number of rotatable bonds is 5. The number of amides is 1. The Bertz CT molecular complexity index is 704. The van der Waals surface area contributed by atoms with Crippen LogP contribution in [-0.4, -0.2) is 50.1 Å². The maximum atomic E-state index is 12.7. The van der Waals surface area contributed by atoms with Crippen molar-refractivity contribution in [3.63, 3.8) is 0 Å². The summed E-state index contributed by atoms with van der Waals surface area (Å²) in [5, 5.41) is 7.43. The van der Waals surface area contributed by atoms with Gasteiger partial charge in [-0.3, -0.25) is 9.79 Å². The standard InChI is InChI=1S/C21H31ClN4O2/c1-23-21(24-13-16-8-9-17(22)12-19(16)28-2)25-18-10-11-26(14-18)20(27)15-6-4-3-5-7-15/h8-9,12,15,18H,3-7,10-11,13-14H2,1-2H3,(H2,23,24,25). The van der Waals surface area contributed by atoms with Gasteiger partial charge in [0.15, 0.2) is 5.96 Å². The van der Waals surface area contributed by atoms with E-state index >= 15 is 0 Å². The number of halogens is 1. The highest BCUT2D eigenvalue weighted by Crippen LogP contribution is 2.27. The molecule has 1 heterocycles. The van der Waals surface area contributed by atoms with E-state index in [1.54, 1.807) is 20.2 Å². The van der Waals surface area contributed by atoms with E-state index < -0.39 is 0 Å². The highest BCUT2D eigenvalue weighted by molar-refractivity contribution is 6.30. The summed E-state index contributed by atoms with van der Waals surface area (Å²) in [7, 11) is 3.40. The fourth-order valence-corrected chi connectivity index (χ4v) is 4.28. The predicted molar refractivity (Wildman–Crippen MR) is 113 cm³/mol. The van der Waals surface area contributed by atoms with Crippen LogP contribution in [0.3, 0.4) is 0 Å². The van der Waals surface area contributed by atoms with Crippen LogP contribution >= 0.6 is 11.6 Å². The van der Waals surface area contributed by atoms with Crippen molar-refractivity contribution >= 4 is 23.5 Å².